The van der Waals surface area contributed by atoms with E-state index in [1.165, 1.54) is 24.4 Å². The normalized spacial score (nSPS) is 12.6. The summed E-state index contributed by atoms with van der Waals surface area (Å²) in [6.07, 6.45) is -2.38. The lowest BCUT2D eigenvalue weighted by molar-refractivity contribution is -0.137. The number of halogens is 4. The van der Waals surface area contributed by atoms with E-state index in [9.17, 15) is 18.0 Å². The Morgan fingerprint density at radius 2 is 2.00 bits per heavy atom. The standard InChI is InChI=1S/C17H17ClF3N3O/c1-3-10(2)23-16(25)11-4-7-15(22-9-11)24-12-5-6-14(18)13(8-12)17(19,20)21/h4-10H,3H2,1-2H3,(H,22,24)(H,23,25). The van der Waals surface area contributed by atoms with Crippen LogP contribution in [0.1, 0.15) is 36.2 Å². The van der Waals surface area contributed by atoms with Crippen LogP contribution in [0.25, 0.3) is 0 Å². The van der Waals surface area contributed by atoms with E-state index in [4.69, 9.17) is 11.6 Å². The van der Waals surface area contributed by atoms with Crippen molar-refractivity contribution in [2.75, 3.05) is 5.32 Å². The van der Waals surface area contributed by atoms with Crippen molar-refractivity contribution in [2.24, 2.45) is 0 Å². The molecule has 2 N–H and O–H groups in total. The highest BCUT2D eigenvalue weighted by Crippen LogP contribution is 2.36. The molecule has 4 nitrogen and oxygen atoms in total. The summed E-state index contributed by atoms with van der Waals surface area (Å²) in [5.74, 6) is 0.0646. The molecular formula is C17H17ClF3N3O. The first kappa shape index (κ1) is 19.1. The topological polar surface area (TPSA) is 54.0 Å². The van der Waals surface area contributed by atoms with E-state index in [2.05, 4.69) is 15.6 Å². The van der Waals surface area contributed by atoms with Crippen molar-refractivity contribution in [3.63, 3.8) is 0 Å². The average Bonchev–Trinajstić information content (AvgIpc) is 2.56. The first-order valence-corrected chi connectivity index (χ1v) is 7.99. The smallest absolute Gasteiger partial charge is 0.350 e. The Labute approximate surface area is 148 Å². The maximum absolute atomic E-state index is 12.9. The second-order valence-electron chi connectivity index (χ2n) is 5.53. The number of anilines is 2. The van der Waals surface area contributed by atoms with Gasteiger partial charge in [0.25, 0.3) is 5.91 Å². The number of benzene rings is 1. The van der Waals surface area contributed by atoms with Crippen molar-refractivity contribution in [3.8, 4) is 0 Å². The van der Waals surface area contributed by atoms with Crippen molar-refractivity contribution in [1.82, 2.24) is 10.3 Å². The molecule has 0 aliphatic carbocycles. The van der Waals surface area contributed by atoms with Gasteiger partial charge in [0.15, 0.2) is 0 Å². The highest BCUT2D eigenvalue weighted by atomic mass is 35.5. The van der Waals surface area contributed by atoms with Crippen LogP contribution >= 0.6 is 11.6 Å². The molecule has 1 aromatic carbocycles. The second-order valence-corrected chi connectivity index (χ2v) is 5.94. The predicted molar refractivity (Wildman–Crippen MR) is 91.2 cm³/mol. The number of hydrogen-bond donors (Lipinski definition) is 2. The van der Waals surface area contributed by atoms with Crippen molar-refractivity contribution >= 4 is 29.0 Å². The van der Waals surface area contributed by atoms with E-state index in [0.717, 1.165) is 12.5 Å². The minimum atomic E-state index is -4.54. The number of carbonyl (C=O) groups is 1. The number of aromatic nitrogens is 1. The molecule has 1 aromatic heterocycles. The minimum absolute atomic E-state index is 0.0418. The van der Waals surface area contributed by atoms with Gasteiger partial charge in [-0.1, -0.05) is 18.5 Å². The van der Waals surface area contributed by atoms with E-state index >= 15 is 0 Å². The number of carbonyl (C=O) groups excluding carboxylic acids is 1. The minimum Gasteiger partial charge on any atom is -0.350 e. The number of rotatable bonds is 5. The highest BCUT2D eigenvalue weighted by molar-refractivity contribution is 6.31. The van der Waals surface area contributed by atoms with Crippen LogP contribution in [-0.2, 0) is 6.18 Å². The molecule has 0 saturated heterocycles. The molecule has 1 unspecified atom stereocenters. The van der Waals surface area contributed by atoms with E-state index in [1.54, 1.807) is 6.07 Å². The van der Waals surface area contributed by atoms with Crippen molar-refractivity contribution in [3.05, 3.63) is 52.7 Å². The lowest BCUT2D eigenvalue weighted by atomic mass is 10.2. The summed E-state index contributed by atoms with van der Waals surface area (Å²) in [7, 11) is 0. The Morgan fingerprint density at radius 3 is 2.56 bits per heavy atom. The molecule has 2 rings (SSSR count). The Bertz CT molecular complexity index is 748. The number of hydrogen-bond acceptors (Lipinski definition) is 3. The lowest BCUT2D eigenvalue weighted by Gasteiger charge is -2.13. The number of pyridine rings is 1. The molecule has 0 bridgehead atoms. The molecule has 0 saturated carbocycles. The van der Waals surface area contributed by atoms with Gasteiger partial charge in [-0.3, -0.25) is 4.79 Å². The maximum atomic E-state index is 12.9. The SMILES string of the molecule is CCC(C)NC(=O)c1ccc(Nc2ccc(Cl)c(C(F)(F)F)c2)nc1. The molecule has 0 aliphatic heterocycles. The van der Waals surface area contributed by atoms with Crippen LogP contribution in [-0.4, -0.2) is 16.9 Å². The number of nitrogens with one attached hydrogen (secondary N) is 2. The van der Waals surface area contributed by atoms with Gasteiger partial charge in [0.05, 0.1) is 16.1 Å². The van der Waals surface area contributed by atoms with Gasteiger partial charge in [0, 0.05) is 17.9 Å². The van der Waals surface area contributed by atoms with Crippen LogP contribution in [0.5, 0.6) is 0 Å². The third-order valence-corrected chi connectivity index (χ3v) is 3.89. The van der Waals surface area contributed by atoms with Crippen LogP contribution in [0, 0.1) is 0 Å². The molecular weight excluding hydrogens is 355 g/mol. The van der Waals surface area contributed by atoms with Crippen LogP contribution < -0.4 is 10.6 Å². The zero-order valence-electron chi connectivity index (χ0n) is 13.6. The van der Waals surface area contributed by atoms with Gasteiger partial charge in [-0.2, -0.15) is 13.2 Å². The van der Waals surface area contributed by atoms with Crippen LogP contribution in [0.15, 0.2) is 36.5 Å². The Morgan fingerprint density at radius 1 is 1.28 bits per heavy atom. The van der Waals surface area contributed by atoms with E-state index in [0.29, 0.717) is 11.4 Å². The number of nitrogens with zero attached hydrogens (tertiary/aromatic N) is 1. The monoisotopic (exact) mass is 371 g/mol. The zero-order chi connectivity index (χ0) is 18.6. The molecule has 1 amide bonds. The quantitative estimate of drug-likeness (QED) is 0.775. The van der Waals surface area contributed by atoms with E-state index in [1.807, 2.05) is 13.8 Å². The predicted octanol–water partition coefficient (Wildman–Crippen LogP) is 5.03. The molecule has 134 valence electrons. The van der Waals surface area contributed by atoms with E-state index in [-0.39, 0.29) is 22.7 Å². The summed E-state index contributed by atoms with van der Waals surface area (Å²) < 4.78 is 38.6. The summed E-state index contributed by atoms with van der Waals surface area (Å²) >= 11 is 5.59. The average molecular weight is 372 g/mol. The molecule has 0 fully saturated rings. The first-order chi connectivity index (χ1) is 11.7. The van der Waals surface area contributed by atoms with Crippen LogP contribution in [0.2, 0.25) is 5.02 Å². The van der Waals surface area contributed by atoms with E-state index < -0.39 is 11.7 Å². The van der Waals surface area contributed by atoms with Gasteiger partial charge >= 0.3 is 6.18 Å². The molecule has 0 aliphatic rings. The molecule has 1 atom stereocenters. The van der Waals surface area contributed by atoms with Gasteiger partial charge in [0.2, 0.25) is 0 Å². The van der Waals surface area contributed by atoms with Gasteiger partial charge in [-0.15, -0.1) is 0 Å². The van der Waals surface area contributed by atoms with Crippen molar-refractivity contribution in [2.45, 2.75) is 32.5 Å². The van der Waals surface area contributed by atoms with Gasteiger partial charge in [0.1, 0.15) is 5.82 Å². The molecule has 0 spiro atoms. The van der Waals surface area contributed by atoms with Crippen LogP contribution in [0.3, 0.4) is 0 Å². The third kappa shape index (κ3) is 5.09. The molecule has 1 heterocycles. The molecule has 8 heteroatoms. The fourth-order valence-corrected chi connectivity index (χ4v) is 2.20. The third-order valence-electron chi connectivity index (χ3n) is 3.56. The summed E-state index contributed by atoms with van der Waals surface area (Å²) in [5.41, 5.74) is -0.359. The Hall–Kier alpha value is -2.28. The molecule has 0 radical (unpaired) electrons. The van der Waals surface area contributed by atoms with Crippen LogP contribution in [0.4, 0.5) is 24.7 Å². The Balaban J connectivity index is 2.13. The number of alkyl halides is 3. The maximum Gasteiger partial charge on any atom is 0.417 e. The van der Waals surface area contributed by atoms with Gasteiger partial charge in [-0.25, -0.2) is 4.98 Å². The molecule has 25 heavy (non-hydrogen) atoms. The highest BCUT2D eigenvalue weighted by Gasteiger charge is 2.33. The number of amides is 1. The zero-order valence-corrected chi connectivity index (χ0v) is 14.4. The fraction of sp³-hybridized carbons (Fsp3) is 0.294. The summed E-state index contributed by atoms with van der Waals surface area (Å²) in [6.45, 7) is 3.84. The Kier molecular flexibility index (Phi) is 5.89. The molecule has 2 aromatic rings. The first-order valence-electron chi connectivity index (χ1n) is 7.61. The largest absolute Gasteiger partial charge is 0.417 e. The fourth-order valence-electron chi connectivity index (χ4n) is 1.98. The summed E-state index contributed by atoms with van der Waals surface area (Å²) in [4.78, 5) is 16.0. The second kappa shape index (κ2) is 7.74. The van der Waals surface area contributed by atoms with Crippen molar-refractivity contribution < 1.29 is 18.0 Å². The van der Waals surface area contributed by atoms with Gasteiger partial charge < -0.3 is 10.6 Å². The van der Waals surface area contributed by atoms with Gasteiger partial charge in [-0.05, 0) is 43.7 Å². The van der Waals surface area contributed by atoms with Crippen molar-refractivity contribution in [1.29, 1.82) is 0 Å². The lowest BCUT2D eigenvalue weighted by Crippen LogP contribution is -2.31. The summed E-state index contributed by atoms with van der Waals surface area (Å²) in [5, 5.41) is 5.19. The summed E-state index contributed by atoms with van der Waals surface area (Å²) in [6, 6.07) is 6.61.